The molecule has 0 aromatic heterocycles. The minimum Gasteiger partial charge on any atom is -0.368 e. The number of carbonyl (C=O) groups excluding carboxylic acids is 1. The van der Waals surface area contributed by atoms with Gasteiger partial charge in [0.05, 0.1) is 5.54 Å². The minimum atomic E-state index is -0.624. The second kappa shape index (κ2) is 5.82. The van der Waals surface area contributed by atoms with E-state index in [2.05, 4.69) is 24.4 Å². The first-order chi connectivity index (χ1) is 8.03. The third kappa shape index (κ3) is 3.30. The molecule has 3 heteroatoms. The average molecular weight is 234 g/mol. The zero-order chi connectivity index (χ0) is 12.9. The van der Waals surface area contributed by atoms with Crippen LogP contribution in [0.3, 0.4) is 0 Å². The van der Waals surface area contributed by atoms with E-state index in [0.29, 0.717) is 13.0 Å². The monoisotopic (exact) mass is 234 g/mol. The number of benzene rings is 1. The molecule has 3 N–H and O–H groups in total. The van der Waals surface area contributed by atoms with Crippen molar-refractivity contribution in [3.63, 3.8) is 0 Å². The van der Waals surface area contributed by atoms with Crippen molar-refractivity contribution in [3.05, 3.63) is 35.4 Å². The third-order valence-corrected chi connectivity index (χ3v) is 3.42. The summed E-state index contributed by atoms with van der Waals surface area (Å²) in [5, 5.41) is 3.26. The third-order valence-electron chi connectivity index (χ3n) is 3.42. The number of primary amides is 1. The van der Waals surface area contributed by atoms with Crippen LogP contribution in [0.15, 0.2) is 24.3 Å². The number of hydrogen-bond acceptors (Lipinski definition) is 2. The normalized spacial score (nSPS) is 14.3. The topological polar surface area (TPSA) is 55.1 Å². The summed E-state index contributed by atoms with van der Waals surface area (Å²) in [7, 11) is 0. The standard InChI is InChI=1S/C14H22N2O/c1-4-11-8-6-7-9-12(11)10-16-14(3,5-2)13(15)17/h6-9,16H,4-5,10H2,1-3H3,(H2,15,17)/t14-/m0/s1. The fourth-order valence-corrected chi connectivity index (χ4v) is 1.75. The smallest absolute Gasteiger partial charge is 0.237 e. The van der Waals surface area contributed by atoms with E-state index in [0.717, 1.165) is 6.42 Å². The Kier molecular flexibility index (Phi) is 4.70. The molecule has 1 aromatic rings. The molecule has 1 atom stereocenters. The summed E-state index contributed by atoms with van der Waals surface area (Å²) in [6.07, 6.45) is 1.69. The highest BCUT2D eigenvalue weighted by Gasteiger charge is 2.27. The van der Waals surface area contributed by atoms with Crippen molar-refractivity contribution >= 4 is 5.91 Å². The molecule has 1 aromatic carbocycles. The first kappa shape index (κ1) is 13.7. The highest BCUT2D eigenvalue weighted by Crippen LogP contribution is 2.13. The lowest BCUT2D eigenvalue weighted by atomic mass is 9.97. The van der Waals surface area contributed by atoms with Gasteiger partial charge in [0.25, 0.3) is 0 Å². The van der Waals surface area contributed by atoms with Gasteiger partial charge in [-0.05, 0) is 30.9 Å². The highest BCUT2D eigenvalue weighted by molar-refractivity contribution is 5.84. The maximum absolute atomic E-state index is 11.4. The molecule has 3 nitrogen and oxygen atoms in total. The van der Waals surface area contributed by atoms with Crippen LogP contribution in [0.25, 0.3) is 0 Å². The van der Waals surface area contributed by atoms with Crippen molar-refractivity contribution in [1.82, 2.24) is 5.32 Å². The summed E-state index contributed by atoms with van der Waals surface area (Å²) in [6.45, 7) is 6.62. The van der Waals surface area contributed by atoms with Gasteiger partial charge in [0, 0.05) is 6.54 Å². The molecule has 0 fully saturated rings. The second-order valence-electron chi connectivity index (χ2n) is 4.53. The molecule has 0 unspecified atom stereocenters. The van der Waals surface area contributed by atoms with Crippen molar-refractivity contribution in [2.45, 2.75) is 45.7 Å². The van der Waals surface area contributed by atoms with Gasteiger partial charge in [0.1, 0.15) is 0 Å². The maximum Gasteiger partial charge on any atom is 0.237 e. The molecular weight excluding hydrogens is 212 g/mol. The molecule has 0 radical (unpaired) electrons. The number of amides is 1. The van der Waals surface area contributed by atoms with Gasteiger partial charge in [-0.2, -0.15) is 0 Å². The van der Waals surface area contributed by atoms with Crippen LogP contribution in [-0.2, 0) is 17.8 Å². The van der Waals surface area contributed by atoms with Crippen LogP contribution in [0.5, 0.6) is 0 Å². The molecule has 94 valence electrons. The van der Waals surface area contributed by atoms with Crippen LogP contribution >= 0.6 is 0 Å². The van der Waals surface area contributed by atoms with E-state index in [-0.39, 0.29) is 5.91 Å². The molecular formula is C14H22N2O. The molecule has 0 aliphatic rings. The lowest BCUT2D eigenvalue weighted by Crippen LogP contribution is -2.52. The Bertz CT molecular complexity index is 390. The number of nitrogens with one attached hydrogen (secondary N) is 1. The second-order valence-corrected chi connectivity index (χ2v) is 4.53. The van der Waals surface area contributed by atoms with Crippen molar-refractivity contribution in [3.8, 4) is 0 Å². The highest BCUT2D eigenvalue weighted by atomic mass is 16.1. The predicted octanol–water partition coefficient (Wildman–Crippen LogP) is 1.99. The Morgan fingerprint density at radius 2 is 1.88 bits per heavy atom. The van der Waals surface area contributed by atoms with Gasteiger partial charge in [-0.25, -0.2) is 0 Å². The Morgan fingerprint density at radius 1 is 1.29 bits per heavy atom. The van der Waals surface area contributed by atoms with E-state index in [1.54, 1.807) is 0 Å². The van der Waals surface area contributed by atoms with Gasteiger partial charge < -0.3 is 5.73 Å². The summed E-state index contributed by atoms with van der Waals surface area (Å²) in [6, 6.07) is 8.26. The Morgan fingerprint density at radius 3 is 2.35 bits per heavy atom. The van der Waals surface area contributed by atoms with E-state index >= 15 is 0 Å². The number of hydrogen-bond donors (Lipinski definition) is 2. The van der Waals surface area contributed by atoms with Gasteiger partial charge in [0.2, 0.25) is 5.91 Å². The maximum atomic E-state index is 11.4. The molecule has 0 heterocycles. The molecule has 0 saturated heterocycles. The Hall–Kier alpha value is -1.35. The van der Waals surface area contributed by atoms with E-state index in [4.69, 9.17) is 5.73 Å². The summed E-state index contributed by atoms with van der Waals surface area (Å²) < 4.78 is 0. The number of nitrogens with two attached hydrogens (primary N) is 1. The lowest BCUT2D eigenvalue weighted by Gasteiger charge is -2.26. The van der Waals surface area contributed by atoms with Crippen molar-refractivity contribution in [1.29, 1.82) is 0 Å². The van der Waals surface area contributed by atoms with E-state index in [1.807, 2.05) is 26.0 Å². The van der Waals surface area contributed by atoms with Crippen LogP contribution in [0.2, 0.25) is 0 Å². The molecule has 0 aliphatic heterocycles. The fraction of sp³-hybridized carbons (Fsp3) is 0.500. The van der Waals surface area contributed by atoms with Gasteiger partial charge in [0.15, 0.2) is 0 Å². The zero-order valence-electron chi connectivity index (χ0n) is 10.9. The van der Waals surface area contributed by atoms with Gasteiger partial charge in [-0.15, -0.1) is 0 Å². The molecule has 17 heavy (non-hydrogen) atoms. The minimum absolute atomic E-state index is 0.297. The quantitative estimate of drug-likeness (QED) is 0.791. The van der Waals surface area contributed by atoms with Crippen LogP contribution in [0.4, 0.5) is 0 Å². The largest absolute Gasteiger partial charge is 0.368 e. The van der Waals surface area contributed by atoms with Crippen LogP contribution in [0, 0.1) is 0 Å². The molecule has 0 bridgehead atoms. The molecule has 0 aliphatic carbocycles. The lowest BCUT2D eigenvalue weighted by molar-refractivity contribution is -0.124. The molecule has 1 rings (SSSR count). The van der Waals surface area contributed by atoms with E-state index in [9.17, 15) is 4.79 Å². The Balaban J connectivity index is 2.76. The summed E-state index contributed by atoms with van der Waals surface area (Å²) >= 11 is 0. The van der Waals surface area contributed by atoms with Crippen LogP contribution in [-0.4, -0.2) is 11.4 Å². The number of aryl methyl sites for hydroxylation is 1. The molecule has 0 saturated carbocycles. The summed E-state index contributed by atoms with van der Waals surface area (Å²) in [5.74, 6) is -0.297. The summed E-state index contributed by atoms with van der Waals surface area (Å²) in [5.41, 5.74) is 7.33. The SMILES string of the molecule is CCc1ccccc1CN[C@@](C)(CC)C(N)=O. The van der Waals surface area contributed by atoms with Crippen LogP contribution in [0.1, 0.15) is 38.3 Å². The van der Waals surface area contributed by atoms with Crippen molar-refractivity contribution in [2.75, 3.05) is 0 Å². The van der Waals surface area contributed by atoms with Gasteiger partial charge >= 0.3 is 0 Å². The fourth-order valence-electron chi connectivity index (χ4n) is 1.75. The molecule has 1 amide bonds. The van der Waals surface area contributed by atoms with E-state index in [1.165, 1.54) is 11.1 Å². The zero-order valence-corrected chi connectivity index (χ0v) is 10.9. The van der Waals surface area contributed by atoms with Gasteiger partial charge in [-0.1, -0.05) is 38.1 Å². The first-order valence-electron chi connectivity index (χ1n) is 6.15. The number of carbonyl (C=O) groups is 1. The average Bonchev–Trinajstić information content (AvgIpc) is 2.36. The van der Waals surface area contributed by atoms with Crippen LogP contribution < -0.4 is 11.1 Å². The Labute approximate surface area is 103 Å². The molecule has 0 spiro atoms. The summed E-state index contributed by atoms with van der Waals surface area (Å²) in [4.78, 5) is 11.4. The predicted molar refractivity (Wildman–Crippen MR) is 70.6 cm³/mol. The first-order valence-corrected chi connectivity index (χ1v) is 6.15. The van der Waals surface area contributed by atoms with E-state index < -0.39 is 5.54 Å². The van der Waals surface area contributed by atoms with Crippen molar-refractivity contribution in [2.24, 2.45) is 5.73 Å². The number of rotatable bonds is 6. The van der Waals surface area contributed by atoms with Crippen molar-refractivity contribution < 1.29 is 4.79 Å². The van der Waals surface area contributed by atoms with Gasteiger partial charge in [-0.3, -0.25) is 10.1 Å².